The molecule has 3 N–H and O–H groups in total. The van der Waals surface area contributed by atoms with Crippen molar-refractivity contribution in [3.63, 3.8) is 0 Å². The Bertz CT molecular complexity index is 1120. The summed E-state index contributed by atoms with van der Waals surface area (Å²) in [5.41, 5.74) is 1.41. The molecule has 2 aliphatic rings. The zero-order valence-electron chi connectivity index (χ0n) is 18.6. The van der Waals surface area contributed by atoms with Crippen LogP contribution in [0.4, 0.5) is 15.9 Å². The maximum absolute atomic E-state index is 14.7. The fourth-order valence-electron chi connectivity index (χ4n) is 4.57. The molecule has 1 amide bonds. The largest absolute Gasteiger partial charge is 0.365 e. The Hall–Kier alpha value is -2.83. The lowest BCUT2D eigenvalue weighted by Crippen LogP contribution is -2.53. The van der Waals surface area contributed by atoms with Crippen LogP contribution in [-0.2, 0) is 16.8 Å². The van der Waals surface area contributed by atoms with Gasteiger partial charge in [-0.3, -0.25) is 14.4 Å². The highest BCUT2D eigenvalue weighted by molar-refractivity contribution is 7.90. The summed E-state index contributed by atoms with van der Waals surface area (Å²) in [5, 5.41) is 2.45. The van der Waals surface area contributed by atoms with Gasteiger partial charge in [0.2, 0.25) is 5.95 Å². The highest BCUT2D eigenvalue weighted by Crippen LogP contribution is 2.34. The molecule has 2 atom stereocenters. The molecule has 0 aliphatic carbocycles. The Morgan fingerprint density at radius 2 is 1.94 bits per heavy atom. The topological polar surface area (TPSA) is 120 Å². The number of piperazine rings is 1. The number of carbonyl (C=O) groups excluding carboxylic acids is 1. The first kappa shape index (κ1) is 23.3. The van der Waals surface area contributed by atoms with Crippen molar-refractivity contribution >= 4 is 27.6 Å². The van der Waals surface area contributed by atoms with E-state index < -0.39 is 22.1 Å². The van der Waals surface area contributed by atoms with Gasteiger partial charge in [0, 0.05) is 51.5 Å². The van der Waals surface area contributed by atoms with Gasteiger partial charge in [-0.25, -0.2) is 9.97 Å². The first-order chi connectivity index (χ1) is 15.8. The maximum Gasteiger partial charge on any atom is 0.300 e. The molecule has 0 saturated carbocycles. The average molecular weight is 478 g/mol. The first-order valence-corrected chi connectivity index (χ1v) is 12.4. The number of rotatable bonds is 8. The van der Waals surface area contributed by atoms with Gasteiger partial charge >= 0.3 is 0 Å². The summed E-state index contributed by atoms with van der Waals surface area (Å²) in [4.78, 5) is 24.0. The molecule has 2 bridgehead atoms. The Balaban J connectivity index is 1.44. The van der Waals surface area contributed by atoms with Gasteiger partial charge in [0.25, 0.3) is 16.1 Å². The van der Waals surface area contributed by atoms with Crippen LogP contribution in [0.5, 0.6) is 0 Å². The van der Waals surface area contributed by atoms with E-state index in [0.717, 1.165) is 18.4 Å². The molecule has 0 radical (unpaired) electrons. The van der Waals surface area contributed by atoms with Crippen molar-refractivity contribution in [1.29, 1.82) is 0 Å². The van der Waals surface area contributed by atoms with Crippen LogP contribution in [0.15, 0.2) is 30.5 Å². The third-order valence-corrected chi connectivity index (χ3v) is 7.17. The summed E-state index contributed by atoms with van der Waals surface area (Å²) < 4.78 is 43.4. The lowest BCUT2D eigenvalue weighted by Gasteiger charge is -2.42. The van der Waals surface area contributed by atoms with Gasteiger partial charge in [-0.05, 0) is 42.7 Å². The first-order valence-electron chi connectivity index (χ1n) is 10.9. The number of pyridine rings is 2. The Labute approximate surface area is 192 Å². The molecule has 33 heavy (non-hydrogen) atoms. The van der Waals surface area contributed by atoms with Crippen molar-refractivity contribution in [3.8, 4) is 0 Å². The van der Waals surface area contributed by atoms with Crippen LogP contribution in [0.1, 0.15) is 35.8 Å². The van der Waals surface area contributed by atoms with E-state index in [1.807, 2.05) is 11.0 Å². The fraction of sp³-hybridized carbons (Fsp3) is 0.476. The monoisotopic (exact) mass is 477 g/mol. The second-order valence-corrected chi connectivity index (χ2v) is 9.70. The zero-order chi connectivity index (χ0) is 23.6. The van der Waals surface area contributed by atoms with Crippen molar-refractivity contribution in [2.45, 2.75) is 38.4 Å². The normalized spacial score (nSPS) is 20.6. The van der Waals surface area contributed by atoms with Crippen molar-refractivity contribution in [2.75, 3.05) is 36.3 Å². The van der Waals surface area contributed by atoms with Crippen LogP contribution in [0.2, 0.25) is 0 Å². The zero-order valence-corrected chi connectivity index (χ0v) is 19.4. The number of fused-ring (bicyclic) bond motifs is 2. The quantitative estimate of drug-likeness (QED) is 0.487. The van der Waals surface area contributed by atoms with Gasteiger partial charge in [0.15, 0.2) is 0 Å². The molecule has 0 aromatic carbocycles. The van der Waals surface area contributed by atoms with Crippen LogP contribution in [0.25, 0.3) is 0 Å². The summed E-state index contributed by atoms with van der Waals surface area (Å²) in [7, 11) is -2.16. The molecule has 2 aromatic heterocycles. The lowest BCUT2D eigenvalue weighted by molar-refractivity contribution is 0.0957. The highest BCUT2D eigenvalue weighted by atomic mass is 32.2. The van der Waals surface area contributed by atoms with Crippen LogP contribution in [-0.4, -0.2) is 68.0 Å². The summed E-state index contributed by atoms with van der Waals surface area (Å²) in [6, 6.07) is 7.24. The number of anilines is 2. The van der Waals surface area contributed by atoms with Gasteiger partial charge in [0.1, 0.15) is 11.5 Å². The Morgan fingerprint density at radius 1 is 1.21 bits per heavy atom. The lowest BCUT2D eigenvalue weighted by atomic mass is 10.1. The maximum atomic E-state index is 14.7. The molecule has 2 aromatic rings. The van der Waals surface area contributed by atoms with E-state index in [2.05, 4.69) is 29.6 Å². The number of nitrogens with zero attached hydrogens (tertiary/aromatic N) is 4. The second kappa shape index (κ2) is 9.57. The number of amides is 1. The average Bonchev–Trinajstić information content (AvgIpc) is 3.00. The summed E-state index contributed by atoms with van der Waals surface area (Å²) in [5.74, 6) is -0.797. The van der Waals surface area contributed by atoms with Gasteiger partial charge in [-0.1, -0.05) is 6.92 Å². The number of halogens is 1. The van der Waals surface area contributed by atoms with Crippen molar-refractivity contribution < 1.29 is 17.6 Å². The van der Waals surface area contributed by atoms with Crippen molar-refractivity contribution in [1.82, 2.24) is 24.9 Å². The number of carbonyl (C=O) groups is 1. The fourth-order valence-corrected chi connectivity index (χ4v) is 5.40. The van der Waals surface area contributed by atoms with Gasteiger partial charge in [-0.15, -0.1) is 0 Å². The van der Waals surface area contributed by atoms with Crippen LogP contribution < -0.4 is 19.7 Å². The molecule has 4 heterocycles. The van der Waals surface area contributed by atoms with Crippen LogP contribution >= 0.6 is 0 Å². The van der Waals surface area contributed by atoms with E-state index in [1.165, 1.54) is 7.05 Å². The third-order valence-electron chi connectivity index (χ3n) is 6.03. The number of nitrogens with one attached hydrogen (secondary N) is 3. The standard InChI is InChI=1S/C21H28FN7O3S/c1-3-25-33(31,32)27-19-10-14(8-9-24-19)11-29-15-4-5-16(29)13-28(12-15)18-7-6-17(21(30)23-2)26-20(18)22/h6-10,15-16,25H,3-5,11-13H2,1-2H3,(H,23,30)(H,24,27). The second-order valence-electron chi connectivity index (χ2n) is 8.20. The summed E-state index contributed by atoms with van der Waals surface area (Å²) in [6.07, 6.45) is 3.58. The molecule has 4 rings (SSSR count). The van der Waals surface area contributed by atoms with E-state index in [1.54, 1.807) is 31.3 Å². The molecular weight excluding hydrogens is 449 g/mol. The van der Waals surface area contributed by atoms with E-state index in [9.17, 15) is 17.6 Å². The van der Waals surface area contributed by atoms with E-state index in [-0.39, 0.29) is 30.1 Å². The minimum atomic E-state index is -3.65. The third kappa shape index (κ3) is 5.23. The van der Waals surface area contributed by atoms with Crippen molar-refractivity contribution in [2.24, 2.45) is 0 Å². The molecule has 2 saturated heterocycles. The number of hydrogen-bond acceptors (Lipinski definition) is 7. The van der Waals surface area contributed by atoms with Gasteiger partial charge in [-0.2, -0.15) is 17.5 Å². The molecule has 10 nitrogen and oxygen atoms in total. The Morgan fingerprint density at radius 3 is 2.58 bits per heavy atom. The molecule has 0 spiro atoms. The SMILES string of the molecule is CCNS(=O)(=O)Nc1cc(CN2C3CCC2CN(c2ccc(C(=O)NC)nc2F)C3)ccn1. The van der Waals surface area contributed by atoms with Gasteiger partial charge in [0.05, 0.1) is 5.69 Å². The molecule has 12 heteroatoms. The minimum absolute atomic E-state index is 0.0543. The molecule has 2 fully saturated rings. The molecule has 2 aliphatic heterocycles. The smallest absolute Gasteiger partial charge is 0.300 e. The number of aromatic nitrogens is 2. The molecular formula is C21H28FN7O3S. The van der Waals surface area contributed by atoms with Crippen molar-refractivity contribution in [3.05, 3.63) is 47.7 Å². The van der Waals surface area contributed by atoms with Crippen LogP contribution in [0.3, 0.4) is 0 Å². The Kier molecular flexibility index (Phi) is 6.77. The van der Waals surface area contributed by atoms with E-state index in [0.29, 0.717) is 25.3 Å². The molecule has 178 valence electrons. The summed E-state index contributed by atoms with van der Waals surface area (Å²) >= 11 is 0. The summed E-state index contributed by atoms with van der Waals surface area (Å²) in [6.45, 7) is 3.95. The predicted molar refractivity (Wildman–Crippen MR) is 123 cm³/mol. The van der Waals surface area contributed by atoms with Crippen LogP contribution in [0, 0.1) is 5.95 Å². The van der Waals surface area contributed by atoms with E-state index in [4.69, 9.17) is 0 Å². The van der Waals surface area contributed by atoms with E-state index >= 15 is 0 Å². The predicted octanol–water partition coefficient (Wildman–Crippen LogP) is 1.09. The number of hydrogen-bond donors (Lipinski definition) is 3. The minimum Gasteiger partial charge on any atom is -0.365 e. The molecule has 2 unspecified atom stereocenters. The van der Waals surface area contributed by atoms with Gasteiger partial charge < -0.3 is 10.2 Å². The highest BCUT2D eigenvalue weighted by Gasteiger charge is 2.40.